The third-order valence-corrected chi connectivity index (χ3v) is 7.22. The van der Waals surface area contributed by atoms with Crippen LogP contribution in [0.25, 0.3) is 32.8 Å². The summed E-state index contributed by atoms with van der Waals surface area (Å²) in [6.07, 6.45) is 6.93. The summed E-state index contributed by atoms with van der Waals surface area (Å²) in [6, 6.07) is 14.3. The normalized spacial score (nSPS) is 11.8. The number of aromatic nitrogens is 4. The molecule has 8 nitrogen and oxygen atoms in total. The molecule has 0 radical (unpaired) electrons. The fraction of sp³-hybridized carbons (Fsp3) is 0.154. The summed E-state index contributed by atoms with van der Waals surface area (Å²) < 4.78 is 29.8. The van der Waals surface area contributed by atoms with E-state index in [0.29, 0.717) is 32.9 Å². The number of hydrogen-bond acceptors (Lipinski definition) is 6. The van der Waals surface area contributed by atoms with Gasteiger partial charge in [-0.05, 0) is 47.7 Å². The van der Waals surface area contributed by atoms with Gasteiger partial charge in [-0.15, -0.1) is 0 Å². The standard InChI is InChI=1S/C26H23N5O3S/c1-17-4-3-9-27-25(17)14-30-35(33,34)16-18-5-6-19-7-8-24-23(26(32)22(19)10-18)11-20(12-28-24)21-13-29-31(2)15-21/h3-13,15,30H,14,16H2,1-2H3. The smallest absolute Gasteiger partial charge is 0.216 e. The molecule has 5 rings (SSSR count). The third-order valence-electron chi connectivity index (χ3n) is 5.92. The minimum Gasteiger partial charge on any atom is -0.289 e. The molecule has 0 aliphatic carbocycles. The van der Waals surface area contributed by atoms with Gasteiger partial charge in [0.15, 0.2) is 5.43 Å². The van der Waals surface area contributed by atoms with Gasteiger partial charge in [0, 0.05) is 47.5 Å². The Morgan fingerprint density at radius 3 is 2.57 bits per heavy atom. The Labute approximate surface area is 202 Å². The topological polar surface area (TPSA) is 107 Å². The van der Waals surface area contributed by atoms with Crippen LogP contribution in [0, 0.1) is 6.92 Å². The Morgan fingerprint density at radius 1 is 0.971 bits per heavy atom. The van der Waals surface area contributed by atoms with Gasteiger partial charge in [0.2, 0.25) is 10.0 Å². The van der Waals surface area contributed by atoms with Gasteiger partial charge in [-0.3, -0.25) is 19.4 Å². The third kappa shape index (κ3) is 4.82. The molecule has 0 aliphatic rings. The van der Waals surface area contributed by atoms with Crippen molar-refractivity contribution in [3.63, 3.8) is 0 Å². The summed E-state index contributed by atoms with van der Waals surface area (Å²) in [5, 5.41) is 5.81. The molecule has 5 aromatic rings. The molecule has 0 saturated carbocycles. The van der Waals surface area contributed by atoms with Crippen LogP contribution in [0.2, 0.25) is 0 Å². The molecule has 0 amide bonds. The largest absolute Gasteiger partial charge is 0.289 e. The zero-order chi connectivity index (χ0) is 24.6. The maximum absolute atomic E-state index is 13.5. The molecule has 9 heteroatoms. The van der Waals surface area contributed by atoms with E-state index in [1.807, 2.05) is 38.4 Å². The minimum atomic E-state index is -3.64. The highest BCUT2D eigenvalue weighted by Gasteiger charge is 2.14. The number of sulfonamides is 1. The summed E-state index contributed by atoms with van der Waals surface area (Å²) in [4.78, 5) is 22.2. The highest BCUT2D eigenvalue weighted by molar-refractivity contribution is 7.88. The number of pyridine rings is 2. The molecule has 2 aromatic carbocycles. The Kier molecular flexibility index (Phi) is 5.88. The van der Waals surface area contributed by atoms with Crippen LogP contribution >= 0.6 is 0 Å². The van der Waals surface area contributed by atoms with Gasteiger partial charge in [0.25, 0.3) is 0 Å². The van der Waals surface area contributed by atoms with Crippen molar-refractivity contribution in [2.45, 2.75) is 19.2 Å². The number of benzene rings is 1. The predicted molar refractivity (Wildman–Crippen MR) is 136 cm³/mol. The van der Waals surface area contributed by atoms with Gasteiger partial charge < -0.3 is 0 Å². The van der Waals surface area contributed by atoms with E-state index in [2.05, 4.69) is 19.8 Å². The van der Waals surface area contributed by atoms with Crippen LogP contribution in [-0.4, -0.2) is 28.2 Å². The number of fused-ring (bicyclic) bond motifs is 2. The molecule has 176 valence electrons. The van der Waals surface area contributed by atoms with Crippen LogP contribution in [0.1, 0.15) is 16.8 Å². The first kappa shape index (κ1) is 22.8. The summed E-state index contributed by atoms with van der Waals surface area (Å²) in [5.41, 5.74) is 4.13. The van der Waals surface area contributed by atoms with Crippen molar-refractivity contribution >= 4 is 31.7 Å². The van der Waals surface area contributed by atoms with E-state index < -0.39 is 10.0 Å². The first-order valence-electron chi connectivity index (χ1n) is 11.0. The Bertz CT molecular complexity index is 1750. The molecular formula is C26H23N5O3S. The lowest BCUT2D eigenvalue weighted by Gasteiger charge is -2.08. The number of nitrogens with zero attached hydrogens (tertiary/aromatic N) is 4. The van der Waals surface area contributed by atoms with Gasteiger partial charge in [-0.2, -0.15) is 5.10 Å². The Balaban J connectivity index is 1.50. The van der Waals surface area contributed by atoms with Crippen LogP contribution in [0.3, 0.4) is 0 Å². The minimum absolute atomic E-state index is 0.109. The summed E-state index contributed by atoms with van der Waals surface area (Å²) in [6.45, 7) is 1.99. The fourth-order valence-corrected chi connectivity index (χ4v) is 5.10. The van der Waals surface area contributed by atoms with Crippen molar-refractivity contribution in [2.24, 2.45) is 7.05 Å². The maximum Gasteiger partial charge on any atom is 0.216 e. The molecule has 1 N–H and O–H groups in total. The highest BCUT2D eigenvalue weighted by atomic mass is 32.2. The first-order valence-corrected chi connectivity index (χ1v) is 12.7. The molecule has 0 spiro atoms. The second-order valence-electron chi connectivity index (χ2n) is 8.49. The number of hydrogen-bond donors (Lipinski definition) is 1. The molecule has 3 aromatic heterocycles. The van der Waals surface area contributed by atoms with E-state index in [1.54, 1.807) is 53.6 Å². The number of aryl methyl sites for hydroxylation is 2. The van der Waals surface area contributed by atoms with E-state index in [4.69, 9.17) is 0 Å². The monoisotopic (exact) mass is 485 g/mol. The molecule has 0 saturated heterocycles. The predicted octanol–water partition coefficient (Wildman–Crippen LogP) is 3.47. The lowest BCUT2D eigenvalue weighted by molar-refractivity contribution is 0.579. The average molecular weight is 486 g/mol. The van der Waals surface area contributed by atoms with Crippen molar-refractivity contribution < 1.29 is 8.42 Å². The summed E-state index contributed by atoms with van der Waals surface area (Å²) in [5.74, 6) is -0.246. The first-order chi connectivity index (χ1) is 16.8. The second kappa shape index (κ2) is 9.01. The van der Waals surface area contributed by atoms with Crippen LogP contribution in [0.15, 0.2) is 78.1 Å². The molecule has 0 bridgehead atoms. The molecule has 35 heavy (non-hydrogen) atoms. The van der Waals surface area contributed by atoms with Crippen molar-refractivity contribution in [1.29, 1.82) is 0 Å². The van der Waals surface area contributed by atoms with Crippen molar-refractivity contribution in [3.05, 3.63) is 100 Å². The average Bonchev–Trinajstić information content (AvgIpc) is 3.22. The summed E-state index contributed by atoms with van der Waals surface area (Å²) in [7, 11) is -1.82. The maximum atomic E-state index is 13.5. The van der Waals surface area contributed by atoms with Gasteiger partial charge in [-0.1, -0.05) is 24.3 Å². The molecule has 0 fully saturated rings. The van der Waals surface area contributed by atoms with Crippen LogP contribution in [-0.2, 0) is 29.4 Å². The van der Waals surface area contributed by atoms with Gasteiger partial charge in [0.05, 0.1) is 29.7 Å². The molecular weight excluding hydrogens is 462 g/mol. The zero-order valence-corrected chi connectivity index (χ0v) is 20.1. The fourth-order valence-electron chi connectivity index (χ4n) is 4.02. The van der Waals surface area contributed by atoms with Crippen LogP contribution in [0.4, 0.5) is 0 Å². The van der Waals surface area contributed by atoms with E-state index in [-0.39, 0.29) is 17.7 Å². The highest BCUT2D eigenvalue weighted by Crippen LogP contribution is 2.22. The van der Waals surface area contributed by atoms with E-state index in [0.717, 1.165) is 16.7 Å². The molecule has 0 atom stereocenters. The SMILES string of the molecule is Cc1cccnc1CNS(=O)(=O)Cc1ccc2ccc3ncc(-c4cnn(C)c4)cc3c(=O)c2c1. The second-order valence-corrected chi connectivity index (χ2v) is 10.3. The van der Waals surface area contributed by atoms with Crippen molar-refractivity contribution in [3.8, 4) is 11.1 Å². The lowest BCUT2D eigenvalue weighted by atomic mass is 10.1. The number of nitrogens with one attached hydrogen (secondary N) is 1. The van der Waals surface area contributed by atoms with Crippen LogP contribution in [0.5, 0.6) is 0 Å². The molecule has 3 heterocycles. The van der Waals surface area contributed by atoms with Gasteiger partial charge >= 0.3 is 0 Å². The zero-order valence-electron chi connectivity index (χ0n) is 19.3. The summed E-state index contributed by atoms with van der Waals surface area (Å²) >= 11 is 0. The van der Waals surface area contributed by atoms with Crippen molar-refractivity contribution in [1.82, 2.24) is 24.5 Å². The van der Waals surface area contributed by atoms with Crippen LogP contribution < -0.4 is 10.2 Å². The molecule has 0 unspecified atom stereocenters. The Morgan fingerprint density at radius 2 is 1.80 bits per heavy atom. The van der Waals surface area contributed by atoms with Crippen molar-refractivity contribution in [2.75, 3.05) is 0 Å². The quantitative estimate of drug-likeness (QED) is 0.395. The number of rotatable bonds is 6. The van der Waals surface area contributed by atoms with Gasteiger partial charge in [-0.25, -0.2) is 13.1 Å². The lowest BCUT2D eigenvalue weighted by Crippen LogP contribution is -2.25. The molecule has 0 aliphatic heterocycles. The Hall–Kier alpha value is -3.95. The van der Waals surface area contributed by atoms with E-state index in [9.17, 15) is 13.2 Å². The van der Waals surface area contributed by atoms with E-state index >= 15 is 0 Å². The van der Waals surface area contributed by atoms with E-state index in [1.165, 1.54) is 0 Å². The van der Waals surface area contributed by atoms with Gasteiger partial charge in [0.1, 0.15) is 0 Å².